The second kappa shape index (κ2) is 8.31. The van der Waals surface area contributed by atoms with Crippen molar-refractivity contribution in [1.82, 2.24) is 0 Å². The first-order chi connectivity index (χ1) is 11.7. The molecule has 1 aromatic carbocycles. The molecule has 0 heteroatoms. The third-order valence-electron chi connectivity index (χ3n) is 4.47. The lowest BCUT2D eigenvalue weighted by Gasteiger charge is -2.22. The Kier molecular flexibility index (Phi) is 6.14. The molecule has 0 fully saturated rings. The van der Waals surface area contributed by atoms with Crippen LogP contribution in [0, 0.1) is 0 Å². The van der Waals surface area contributed by atoms with Gasteiger partial charge in [0.15, 0.2) is 0 Å². The summed E-state index contributed by atoms with van der Waals surface area (Å²) in [6.07, 6.45) is 15.1. The van der Waals surface area contributed by atoms with Gasteiger partial charge < -0.3 is 0 Å². The zero-order chi connectivity index (χ0) is 17.5. The standard InChI is InChI=1S/C24H26/c1-6-13-20(8-3)24(22-16-11-10-14-18(22)5)23-17-12-15-19(7-2)21(23)9-4/h6-10,12,14-15,17H,1-4,11,13,16H2,5H3/b24-20+. The Morgan fingerprint density at radius 2 is 1.92 bits per heavy atom. The average Bonchev–Trinajstić information content (AvgIpc) is 2.62. The van der Waals surface area contributed by atoms with Gasteiger partial charge in [0, 0.05) is 0 Å². The van der Waals surface area contributed by atoms with E-state index >= 15 is 0 Å². The summed E-state index contributed by atoms with van der Waals surface area (Å²) in [4.78, 5) is 0. The minimum Gasteiger partial charge on any atom is -0.103 e. The van der Waals surface area contributed by atoms with Gasteiger partial charge in [-0.2, -0.15) is 0 Å². The molecule has 0 saturated carbocycles. The summed E-state index contributed by atoms with van der Waals surface area (Å²) in [5.74, 6) is 0. The average molecular weight is 314 g/mol. The number of hydrogen-bond donors (Lipinski definition) is 0. The summed E-state index contributed by atoms with van der Waals surface area (Å²) in [6.45, 7) is 18.1. The summed E-state index contributed by atoms with van der Waals surface area (Å²) in [6, 6.07) is 6.33. The van der Waals surface area contributed by atoms with Crippen LogP contribution in [0.5, 0.6) is 0 Å². The molecule has 122 valence electrons. The van der Waals surface area contributed by atoms with Crippen molar-refractivity contribution in [3.05, 3.63) is 102 Å². The number of allylic oxidation sites excluding steroid dienone is 8. The van der Waals surface area contributed by atoms with Crippen molar-refractivity contribution in [3.8, 4) is 0 Å². The van der Waals surface area contributed by atoms with Crippen LogP contribution in [0.25, 0.3) is 17.7 Å². The first-order valence-corrected chi connectivity index (χ1v) is 8.39. The summed E-state index contributed by atoms with van der Waals surface area (Å²) in [5, 5.41) is 0. The van der Waals surface area contributed by atoms with Gasteiger partial charge in [0.05, 0.1) is 0 Å². The van der Waals surface area contributed by atoms with Crippen LogP contribution < -0.4 is 0 Å². The second-order valence-corrected chi connectivity index (χ2v) is 5.92. The Morgan fingerprint density at radius 1 is 1.12 bits per heavy atom. The maximum Gasteiger partial charge on any atom is -0.00941 e. The molecular formula is C24H26. The van der Waals surface area contributed by atoms with E-state index in [1.807, 2.05) is 24.3 Å². The van der Waals surface area contributed by atoms with E-state index in [-0.39, 0.29) is 0 Å². The van der Waals surface area contributed by atoms with Crippen molar-refractivity contribution in [1.29, 1.82) is 0 Å². The van der Waals surface area contributed by atoms with E-state index in [1.165, 1.54) is 27.9 Å². The van der Waals surface area contributed by atoms with Crippen molar-refractivity contribution < 1.29 is 0 Å². The van der Waals surface area contributed by atoms with Gasteiger partial charge in [-0.05, 0) is 65.2 Å². The fourth-order valence-electron chi connectivity index (χ4n) is 3.29. The highest BCUT2D eigenvalue weighted by Gasteiger charge is 2.18. The topological polar surface area (TPSA) is 0 Å². The molecule has 2 rings (SSSR count). The lowest BCUT2D eigenvalue weighted by molar-refractivity contribution is 0.971. The van der Waals surface area contributed by atoms with Gasteiger partial charge in [0.25, 0.3) is 0 Å². The van der Waals surface area contributed by atoms with Crippen molar-refractivity contribution in [2.45, 2.75) is 26.2 Å². The summed E-state index contributed by atoms with van der Waals surface area (Å²) < 4.78 is 0. The predicted octanol–water partition coefficient (Wildman–Crippen LogP) is 7.15. The van der Waals surface area contributed by atoms with Crippen LogP contribution in [-0.2, 0) is 0 Å². The molecule has 1 aliphatic carbocycles. The van der Waals surface area contributed by atoms with Crippen molar-refractivity contribution in [2.75, 3.05) is 0 Å². The van der Waals surface area contributed by atoms with Crippen molar-refractivity contribution >= 4 is 17.7 Å². The van der Waals surface area contributed by atoms with Crippen LogP contribution in [-0.4, -0.2) is 0 Å². The van der Waals surface area contributed by atoms with E-state index in [4.69, 9.17) is 0 Å². The highest BCUT2D eigenvalue weighted by molar-refractivity contribution is 5.90. The first-order valence-electron chi connectivity index (χ1n) is 8.39. The highest BCUT2D eigenvalue weighted by atomic mass is 14.2. The summed E-state index contributed by atoms with van der Waals surface area (Å²) >= 11 is 0. The lowest BCUT2D eigenvalue weighted by atomic mass is 9.82. The van der Waals surface area contributed by atoms with E-state index in [2.05, 4.69) is 63.6 Å². The Labute approximate surface area is 146 Å². The maximum atomic E-state index is 4.05. The van der Waals surface area contributed by atoms with E-state index in [0.717, 1.165) is 30.4 Å². The molecule has 0 atom stereocenters. The third kappa shape index (κ3) is 3.49. The van der Waals surface area contributed by atoms with Crippen LogP contribution in [0.3, 0.4) is 0 Å². The molecule has 0 heterocycles. The van der Waals surface area contributed by atoms with Crippen molar-refractivity contribution in [3.63, 3.8) is 0 Å². The zero-order valence-electron chi connectivity index (χ0n) is 14.6. The number of benzene rings is 1. The van der Waals surface area contributed by atoms with Gasteiger partial charge in [-0.3, -0.25) is 0 Å². The summed E-state index contributed by atoms with van der Waals surface area (Å²) in [5.41, 5.74) is 8.61. The van der Waals surface area contributed by atoms with Gasteiger partial charge >= 0.3 is 0 Å². The number of rotatable bonds is 7. The Bertz CT molecular complexity index is 763. The molecule has 0 aromatic heterocycles. The van der Waals surface area contributed by atoms with E-state index in [9.17, 15) is 0 Å². The van der Waals surface area contributed by atoms with E-state index in [0.29, 0.717) is 0 Å². The molecule has 1 aliphatic rings. The van der Waals surface area contributed by atoms with Crippen molar-refractivity contribution in [2.24, 2.45) is 0 Å². The van der Waals surface area contributed by atoms with Crippen LogP contribution in [0.4, 0.5) is 0 Å². The Morgan fingerprint density at radius 3 is 2.50 bits per heavy atom. The molecule has 0 N–H and O–H groups in total. The molecule has 0 saturated heterocycles. The molecule has 0 nitrogen and oxygen atoms in total. The largest absolute Gasteiger partial charge is 0.103 e. The molecule has 24 heavy (non-hydrogen) atoms. The molecule has 0 aliphatic heterocycles. The Hall–Kier alpha value is -2.60. The molecule has 0 radical (unpaired) electrons. The Balaban J connectivity index is 2.85. The minimum absolute atomic E-state index is 0.800. The van der Waals surface area contributed by atoms with Gasteiger partial charge in [-0.1, -0.05) is 74.4 Å². The van der Waals surface area contributed by atoms with Crippen LogP contribution in [0.2, 0.25) is 0 Å². The van der Waals surface area contributed by atoms with E-state index in [1.54, 1.807) is 0 Å². The van der Waals surface area contributed by atoms with Gasteiger partial charge in [0.2, 0.25) is 0 Å². The molecule has 0 bridgehead atoms. The first kappa shape index (κ1) is 17.7. The maximum absolute atomic E-state index is 4.05. The van der Waals surface area contributed by atoms with Gasteiger partial charge in [-0.25, -0.2) is 0 Å². The fraction of sp³-hybridized carbons (Fsp3) is 0.167. The van der Waals surface area contributed by atoms with Crippen LogP contribution in [0.1, 0.15) is 42.9 Å². The molecule has 0 unspecified atom stereocenters. The monoisotopic (exact) mass is 314 g/mol. The number of hydrogen-bond acceptors (Lipinski definition) is 0. The lowest BCUT2D eigenvalue weighted by Crippen LogP contribution is -2.02. The van der Waals surface area contributed by atoms with Crippen LogP contribution in [0.15, 0.2) is 85.5 Å². The smallest absolute Gasteiger partial charge is 0.00941 e. The third-order valence-corrected chi connectivity index (χ3v) is 4.47. The molecule has 0 amide bonds. The van der Waals surface area contributed by atoms with Gasteiger partial charge in [-0.15, -0.1) is 6.58 Å². The summed E-state index contributed by atoms with van der Waals surface area (Å²) in [7, 11) is 0. The normalized spacial score (nSPS) is 14.9. The predicted molar refractivity (Wildman–Crippen MR) is 110 cm³/mol. The fourth-order valence-corrected chi connectivity index (χ4v) is 3.29. The zero-order valence-corrected chi connectivity index (χ0v) is 14.6. The molecule has 1 aromatic rings. The van der Waals surface area contributed by atoms with Crippen LogP contribution >= 0.6 is 0 Å². The van der Waals surface area contributed by atoms with E-state index < -0.39 is 0 Å². The minimum atomic E-state index is 0.800. The highest BCUT2D eigenvalue weighted by Crippen LogP contribution is 2.38. The quantitative estimate of drug-likeness (QED) is 0.370. The molecule has 0 spiro atoms. The SMILES string of the molecule is C=CC/C(C=C)=C(\C1=C(C)C=CCC1)c1cccc(C=C)c1C=C. The second-order valence-electron chi connectivity index (χ2n) is 5.92. The van der Waals surface area contributed by atoms with Gasteiger partial charge in [0.1, 0.15) is 0 Å². The molecular weight excluding hydrogens is 288 g/mol.